The summed E-state index contributed by atoms with van der Waals surface area (Å²) in [6.07, 6.45) is 5.35. The van der Waals surface area contributed by atoms with E-state index in [0.29, 0.717) is 5.82 Å². The van der Waals surface area contributed by atoms with Crippen molar-refractivity contribution in [3.05, 3.63) is 66.6 Å². The molecule has 0 radical (unpaired) electrons. The van der Waals surface area contributed by atoms with Crippen LogP contribution in [0.2, 0.25) is 0 Å². The first-order chi connectivity index (χ1) is 12.4. The van der Waals surface area contributed by atoms with Crippen molar-refractivity contribution in [2.24, 2.45) is 0 Å². The summed E-state index contributed by atoms with van der Waals surface area (Å²) in [6.45, 7) is 6.63. The highest BCUT2D eigenvalue weighted by Crippen LogP contribution is 2.30. The van der Waals surface area contributed by atoms with E-state index in [1.807, 2.05) is 24.4 Å². The molecule has 1 aromatic carbocycles. The van der Waals surface area contributed by atoms with Crippen molar-refractivity contribution in [3.63, 3.8) is 0 Å². The van der Waals surface area contributed by atoms with Gasteiger partial charge >= 0.3 is 0 Å². The maximum Gasteiger partial charge on any atom is 0.153 e. The number of nitrogens with zero attached hydrogens (tertiary/aromatic N) is 4. The maximum atomic E-state index is 6.12. The van der Waals surface area contributed by atoms with E-state index in [2.05, 4.69) is 60.1 Å². The van der Waals surface area contributed by atoms with Crippen molar-refractivity contribution in [2.75, 3.05) is 5.73 Å². The quantitative estimate of drug-likeness (QED) is 0.588. The van der Waals surface area contributed by atoms with E-state index in [-0.39, 0.29) is 5.41 Å². The van der Waals surface area contributed by atoms with Crippen LogP contribution in [0.1, 0.15) is 26.3 Å². The van der Waals surface area contributed by atoms with E-state index in [4.69, 9.17) is 5.73 Å². The Balaban J connectivity index is 1.76. The van der Waals surface area contributed by atoms with Gasteiger partial charge in [-0.05, 0) is 34.7 Å². The molecule has 5 nitrogen and oxygen atoms in total. The Morgan fingerprint density at radius 3 is 2.42 bits per heavy atom. The molecule has 26 heavy (non-hydrogen) atoms. The second-order valence-corrected chi connectivity index (χ2v) is 7.43. The van der Waals surface area contributed by atoms with Gasteiger partial charge in [-0.25, -0.2) is 14.5 Å². The Hall–Kier alpha value is -3.21. The number of hydrogen-bond acceptors (Lipinski definition) is 4. The van der Waals surface area contributed by atoms with Crippen LogP contribution in [0.15, 0.2) is 61.1 Å². The zero-order valence-electron chi connectivity index (χ0n) is 15.1. The smallest absolute Gasteiger partial charge is 0.153 e. The number of benzene rings is 1. The summed E-state index contributed by atoms with van der Waals surface area (Å²) in [5.74, 6) is 0.465. The lowest BCUT2D eigenvalue weighted by Gasteiger charge is -2.19. The van der Waals surface area contributed by atoms with Crippen LogP contribution in [0.4, 0.5) is 5.82 Å². The van der Waals surface area contributed by atoms with E-state index in [0.717, 1.165) is 28.0 Å². The topological polar surface area (TPSA) is 69.1 Å². The third-order valence-electron chi connectivity index (χ3n) is 4.53. The largest absolute Gasteiger partial charge is 0.383 e. The molecule has 0 aliphatic carbocycles. The molecule has 0 spiro atoms. The number of imidazole rings is 1. The highest BCUT2D eigenvalue weighted by atomic mass is 15.2. The fourth-order valence-electron chi connectivity index (χ4n) is 2.96. The number of hydrogen-bond donors (Lipinski definition) is 1. The van der Waals surface area contributed by atoms with Crippen molar-refractivity contribution in [1.29, 1.82) is 0 Å². The van der Waals surface area contributed by atoms with Crippen LogP contribution in [0.25, 0.3) is 28.0 Å². The zero-order valence-corrected chi connectivity index (χ0v) is 15.1. The van der Waals surface area contributed by atoms with Gasteiger partial charge in [0.1, 0.15) is 5.82 Å². The van der Waals surface area contributed by atoms with Crippen molar-refractivity contribution in [3.8, 4) is 22.4 Å². The van der Waals surface area contributed by atoms with Crippen molar-refractivity contribution in [2.45, 2.75) is 26.2 Å². The summed E-state index contributed by atoms with van der Waals surface area (Å²) in [6, 6.07) is 14.5. The van der Waals surface area contributed by atoms with Crippen molar-refractivity contribution >= 4 is 11.5 Å². The van der Waals surface area contributed by atoms with Crippen LogP contribution < -0.4 is 5.73 Å². The van der Waals surface area contributed by atoms with Crippen LogP contribution in [0.3, 0.4) is 0 Å². The average molecular weight is 343 g/mol. The van der Waals surface area contributed by atoms with Gasteiger partial charge in [-0.1, -0.05) is 45.0 Å². The molecule has 0 saturated carbocycles. The van der Waals surface area contributed by atoms with Gasteiger partial charge in [0.25, 0.3) is 0 Å². The van der Waals surface area contributed by atoms with Crippen LogP contribution in [-0.2, 0) is 5.41 Å². The molecule has 4 aromatic rings. The highest BCUT2D eigenvalue weighted by molar-refractivity contribution is 5.77. The number of pyridine rings is 1. The summed E-state index contributed by atoms with van der Waals surface area (Å²) >= 11 is 0. The molecular weight excluding hydrogens is 322 g/mol. The number of rotatable bonds is 2. The Morgan fingerprint density at radius 2 is 1.69 bits per heavy atom. The van der Waals surface area contributed by atoms with Gasteiger partial charge in [0.05, 0.1) is 5.69 Å². The minimum Gasteiger partial charge on any atom is -0.383 e. The molecule has 3 heterocycles. The van der Waals surface area contributed by atoms with E-state index in [1.165, 1.54) is 5.56 Å². The van der Waals surface area contributed by atoms with Crippen LogP contribution in [0.5, 0.6) is 0 Å². The molecule has 0 amide bonds. The monoisotopic (exact) mass is 343 g/mol. The lowest BCUT2D eigenvalue weighted by Crippen LogP contribution is -2.10. The van der Waals surface area contributed by atoms with Crippen LogP contribution in [-0.4, -0.2) is 19.6 Å². The normalized spacial score (nSPS) is 11.8. The fraction of sp³-hybridized carbons (Fsp3) is 0.190. The van der Waals surface area contributed by atoms with Gasteiger partial charge in [0, 0.05) is 29.7 Å². The number of nitrogens with two attached hydrogens (primary N) is 1. The molecule has 0 unspecified atom stereocenters. The summed E-state index contributed by atoms with van der Waals surface area (Å²) in [7, 11) is 0. The molecule has 0 bridgehead atoms. The first kappa shape index (κ1) is 16.3. The summed E-state index contributed by atoms with van der Waals surface area (Å²) in [5.41, 5.74) is 12.1. The first-order valence-corrected chi connectivity index (χ1v) is 8.59. The molecule has 0 aliphatic heterocycles. The van der Waals surface area contributed by atoms with Crippen LogP contribution in [0, 0.1) is 0 Å². The molecule has 0 saturated heterocycles. The van der Waals surface area contributed by atoms with Crippen LogP contribution >= 0.6 is 0 Å². The van der Waals surface area contributed by atoms with E-state index in [9.17, 15) is 0 Å². The second-order valence-electron chi connectivity index (χ2n) is 7.43. The molecule has 0 aliphatic rings. The SMILES string of the molecule is CC(C)(C)c1ccc(-c2cnc(N)c(-c3ccc4nccn4n3)c2)cc1. The Labute approximate surface area is 152 Å². The molecular formula is C21H21N5. The predicted octanol–water partition coefficient (Wildman–Crippen LogP) is 4.34. The lowest BCUT2D eigenvalue weighted by molar-refractivity contribution is 0.590. The Kier molecular flexibility index (Phi) is 3.72. The van der Waals surface area contributed by atoms with E-state index < -0.39 is 0 Å². The zero-order chi connectivity index (χ0) is 18.3. The second kappa shape index (κ2) is 5.95. The summed E-state index contributed by atoms with van der Waals surface area (Å²) in [4.78, 5) is 8.61. The molecule has 0 atom stereocenters. The molecule has 4 rings (SSSR count). The predicted molar refractivity (Wildman–Crippen MR) is 105 cm³/mol. The number of anilines is 1. The summed E-state index contributed by atoms with van der Waals surface area (Å²) < 4.78 is 1.74. The standard InChI is InChI=1S/C21H21N5/c1-21(2,3)16-6-4-14(5-7-16)15-12-17(20(22)24-13-15)18-8-9-19-23-10-11-26(19)25-18/h4-13H,1-3H3,(H2,22,24). The Morgan fingerprint density at radius 1 is 0.923 bits per heavy atom. The summed E-state index contributed by atoms with van der Waals surface area (Å²) in [5, 5.41) is 4.58. The van der Waals surface area contributed by atoms with Crippen molar-refractivity contribution < 1.29 is 0 Å². The van der Waals surface area contributed by atoms with Gasteiger partial charge in [0.2, 0.25) is 0 Å². The van der Waals surface area contributed by atoms with Gasteiger partial charge < -0.3 is 5.73 Å². The fourth-order valence-corrected chi connectivity index (χ4v) is 2.96. The third kappa shape index (κ3) is 2.92. The number of fused-ring (bicyclic) bond motifs is 1. The first-order valence-electron chi connectivity index (χ1n) is 8.59. The molecule has 5 heteroatoms. The Bertz CT molecular complexity index is 1070. The van der Waals surface area contributed by atoms with Gasteiger partial charge in [-0.2, -0.15) is 5.10 Å². The van der Waals surface area contributed by atoms with Crippen molar-refractivity contribution in [1.82, 2.24) is 19.6 Å². The van der Waals surface area contributed by atoms with E-state index >= 15 is 0 Å². The minimum absolute atomic E-state index is 0.132. The van der Waals surface area contributed by atoms with E-state index in [1.54, 1.807) is 16.9 Å². The van der Waals surface area contributed by atoms with Gasteiger partial charge in [-0.15, -0.1) is 0 Å². The number of nitrogen functional groups attached to an aromatic ring is 1. The number of aromatic nitrogens is 4. The highest BCUT2D eigenvalue weighted by Gasteiger charge is 2.14. The maximum absolute atomic E-state index is 6.12. The van der Waals surface area contributed by atoms with Gasteiger partial charge in [0.15, 0.2) is 5.65 Å². The van der Waals surface area contributed by atoms with Gasteiger partial charge in [-0.3, -0.25) is 0 Å². The average Bonchev–Trinajstić information content (AvgIpc) is 3.09. The molecule has 3 aromatic heterocycles. The minimum atomic E-state index is 0.132. The third-order valence-corrected chi connectivity index (χ3v) is 4.53. The molecule has 130 valence electrons. The lowest BCUT2D eigenvalue weighted by atomic mass is 9.86. The molecule has 2 N–H and O–H groups in total. The molecule has 0 fully saturated rings.